The summed E-state index contributed by atoms with van der Waals surface area (Å²) in [7, 11) is 0. The summed E-state index contributed by atoms with van der Waals surface area (Å²) >= 11 is 0. The van der Waals surface area contributed by atoms with E-state index in [1.165, 1.54) is 44.1 Å². The predicted octanol–water partition coefficient (Wildman–Crippen LogP) is 3.11. The van der Waals surface area contributed by atoms with E-state index in [1.807, 2.05) is 18.2 Å². The Hall–Kier alpha value is -1.35. The Morgan fingerprint density at radius 2 is 1.61 bits per heavy atom. The van der Waals surface area contributed by atoms with Gasteiger partial charge in [-0.1, -0.05) is 30.3 Å². The number of nitrogens with one attached hydrogen (secondary N) is 2. The molecule has 4 aliphatic carbocycles. The van der Waals surface area contributed by atoms with Crippen molar-refractivity contribution in [2.24, 2.45) is 23.2 Å². The number of amides is 1. The fourth-order valence-electron chi connectivity index (χ4n) is 5.77. The van der Waals surface area contributed by atoms with Crippen LogP contribution in [-0.2, 0) is 11.3 Å². The molecule has 1 aromatic carbocycles. The van der Waals surface area contributed by atoms with E-state index < -0.39 is 0 Å². The Balaban J connectivity index is 1.22. The first kappa shape index (κ1) is 15.2. The minimum Gasteiger partial charge on any atom is -0.354 e. The molecular weight excluding hydrogens is 284 g/mol. The largest absolute Gasteiger partial charge is 0.354 e. The first-order chi connectivity index (χ1) is 11.2. The standard InChI is InChI=1S/C20H28N2O/c23-19(13-21-12-15-4-2-1-3-5-15)22-14-20-9-16-6-17(10-20)8-18(7-16)11-20/h1-5,16-18,21H,6-14H2,(H,22,23). The van der Waals surface area contributed by atoms with Crippen LogP contribution in [0.2, 0.25) is 0 Å². The summed E-state index contributed by atoms with van der Waals surface area (Å²) in [5.74, 6) is 3.01. The zero-order valence-electron chi connectivity index (χ0n) is 13.9. The Morgan fingerprint density at radius 1 is 1.00 bits per heavy atom. The summed E-state index contributed by atoms with van der Waals surface area (Å²) in [5.41, 5.74) is 1.66. The molecule has 23 heavy (non-hydrogen) atoms. The van der Waals surface area contributed by atoms with Crippen LogP contribution in [0.3, 0.4) is 0 Å². The number of hydrogen-bond acceptors (Lipinski definition) is 2. The molecule has 4 fully saturated rings. The van der Waals surface area contributed by atoms with Crippen LogP contribution >= 0.6 is 0 Å². The van der Waals surface area contributed by atoms with Crippen molar-refractivity contribution in [1.82, 2.24) is 10.6 Å². The Morgan fingerprint density at radius 3 is 2.22 bits per heavy atom. The lowest BCUT2D eigenvalue weighted by Crippen LogP contribution is -2.51. The molecule has 0 heterocycles. The van der Waals surface area contributed by atoms with Crippen molar-refractivity contribution in [2.75, 3.05) is 13.1 Å². The van der Waals surface area contributed by atoms with Gasteiger partial charge in [-0.3, -0.25) is 4.79 Å². The van der Waals surface area contributed by atoms with Crippen LogP contribution < -0.4 is 10.6 Å². The van der Waals surface area contributed by atoms with Gasteiger partial charge in [0, 0.05) is 13.1 Å². The zero-order valence-corrected chi connectivity index (χ0v) is 13.9. The molecule has 3 heteroatoms. The summed E-state index contributed by atoms with van der Waals surface area (Å²) in [6.07, 6.45) is 8.47. The van der Waals surface area contributed by atoms with E-state index in [-0.39, 0.29) is 5.91 Å². The molecule has 4 bridgehead atoms. The topological polar surface area (TPSA) is 41.1 Å². The van der Waals surface area contributed by atoms with Crippen molar-refractivity contribution in [1.29, 1.82) is 0 Å². The normalized spacial score (nSPS) is 34.5. The highest BCUT2D eigenvalue weighted by atomic mass is 16.1. The van der Waals surface area contributed by atoms with E-state index in [2.05, 4.69) is 22.8 Å². The van der Waals surface area contributed by atoms with Crippen molar-refractivity contribution in [3.8, 4) is 0 Å². The second-order valence-electron chi connectivity index (χ2n) is 8.28. The van der Waals surface area contributed by atoms with Crippen molar-refractivity contribution >= 4 is 5.91 Å². The maximum absolute atomic E-state index is 12.2. The lowest BCUT2D eigenvalue weighted by molar-refractivity contribution is -0.122. The van der Waals surface area contributed by atoms with Crippen LogP contribution in [-0.4, -0.2) is 19.0 Å². The third-order valence-corrected chi connectivity index (χ3v) is 6.28. The lowest BCUT2D eigenvalue weighted by Gasteiger charge is -2.56. The average Bonchev–Trinajstić information content (AvgIpc) is 2.53. The van der Waals surface area contributed by atoms with Gasteiger partial charge in [-0.2, -0.15) is 0 Å². The van der Waals surface area contributed by atoms with E-state index in [0.29, 0.717) is 12.0 Å². The van der Waals surface area contributed by atoms with Gasteiger partial charge in [-0.05, 0) is 67.3 Å². The quantitative estimate of drug-likeness (QED) is 0.847. The van der Waals surface area contributed by atoms with E-state index in [9.17, 15) is 4.79 Å². The molecule has 0 spiro atoms. The van der Waals surface area contributed by atoms with Crippen LogP contribution in [0.15, 0.2) is 30.3 Å². The van der Waals surface area contributed by atoms with Crippen molar-refractivity contribution in [2.45, 2.75) is 45.1 Å². The smallest absolute Gasteiger partial charge is 0.233 e. The van der Waals surface area contributed by atoms with Crippen molar-refractivity contribution in [3.05, 3.63) is 35.9 Å². The van der Waals surface area contributed by atoms with Gasteiger partial charge in [0.15, 0.2) is 0 Å². The molecule has 1 aromatic rings. The molecule has 0 saturated heterocycles. The van der Waals surface area contributed by atoms with Gasteiger partial charge < -0.3 is 10.6 Å². The highest BCUT2D eigenvalue weighted by molar-refractivity contribution is 5.78. The van der Waals surface area contributed by atoms with Crippen LogP contribution in [0.1, 0.15) is 44.1 Å². The third kappa shape index (κ3) is 3.45. The lowest BCUT2D eigenvalue weighted by atomic mass is 9.49. The van der Waals surface area contributed by atoms with Gasteiger partial charge in [-0.15, -0.1) is 0 Å². The molecule has 2 N–H and O–H groups in total. The first-order valence-corrected chi connectivity index (χ1v) is 9.22. The van der Waals surface area contributed by atoms with Crippen LogP contribution in [0.5, 0.6) is 0 Å². The highest BCUT2D eigenvalue weighted by Crippen LogP contribution is 2.59. The maximum atomic E-state index is 12.2. The van der Waals surface area contributed by atoms with Crippen LogP contribution in [0.4, 0.5) is 0 Å². The van der Waals surface area contributed by atoms with Gasteiger partial charge in [0.05, 0.1) is 6.54 Å². The van der Waals surface area contributed by atoms with Crippen LogP contribution in [0.25, 0.3) is 0 Å². The molecule has 4 saturated carbocycles. The molecule has 3 nitrogen and oxygen atoms in total. The average molecular weight is 312 g/mol. The molecule has 0 radical (unpaired) electrons. The van der Waals surface area contributed by atoms with E-state index in [0.717, 1.165) is 30.8 Å². The van der Waals surface area contributed by atoms with Crippen LogP contribution in [0, 0.1) is 23.2 Å². The SMILES string of the molecule is O=C(CNCc1ccccc1)NCC12CC3CC(CC(C3)C1)C2. The van der Waals surface area contributed by atoms with Crippen molar-refractivity contribution in [3.63, 3.8) is 0 Å². The fourth-order valence-corrected chi connectivity index (χ4v) is 5.77. The molecule has 0 unspecified atom stereocenters. The summed E-state index contributed by atoms with van der Waals surface area (Å²) in [5, 5.41) is 6.47. The first-order valence-electron chi connectivity index (χ1n) is 9.22. The second kappa shape index (κ2) is 6.27. The van der Waals surface area contributed by atoms with Gasteiger partial charge in [0.2, 0.25) is 5.91 Å². The van der Waals surface area contributed by atoms with E-state index in [4.69, 9.17) is 0 Å². The zero-order chi connectivity index (χ0) is 15.7. The van der Waals surface area contributed by atoms with Gasteiger partial charge in [-0.25, -0.2) is 0 Å². The number of rotatable bonds is 6. The maximum Gasteiger partial charge on any atom is 0.233 e. The molecule has 4 aliphatic rings. The number of carbonyl (C=O) groups is 1. The molecule has 1 amide bonds. The summed E-state index contributed by atoms with van der Waals surface area (Å²) in [4.78, 5) is 12.2. The number of benzene rings is 1. The van der Waals surface area contributed by atoms with E-state index >= 15 is 0 Å². The Labute approximate surface area is 139 Å². The molecule has 124 valence electrons. The Bertz CT molecular complexity index is 519. The fraction of sp³-hybridized carbons (Fsp3) is 0.650. The monoisotopic (exact) mass is 312 g/mol. The van der Waals surface area contributed by atoms with Gasteiger partial charge >= 0.3 is 0 Å². The molecular formula is C20H28N2O. The summed E-state index contributed by atoms with van der Waals surface area (Å²) in [6, 6.07) is 10.2. The minimum atomic E-state index is 0.150. The summed E-state index contributed by atoms with van der Waals surface area (Å²) < 4.78 is 0. The van der Waals surface area contributed by atoms with Crippen molar-refractivity contribution < 1.29 is 4.79 Å². The molecule has 0 aromatic heterocycles. The minimum absolute atomic E-state index is 0.150. The van der Waals surface area contributed by atoms with E-state index in [1.54, 1.807) is 0 Å². The van der Waals surface area contributed by atoms with Gasteiger partial charge in [0.25, 0.3) is 0 Å². The molecule has 5 rings (SSSR count). The second-order valence-corrected chi connectivity index (χ2v) is 8.28. The third-order valence-electron chi connectivity index (χ3n) is 6.28. The number of carbonyl (C=O) groups excluding carboxylic acids is 1. The number of hydrogen-bond donors (Lipinski definition) is 2. The Kier molecular flexibility index (Phi) is 4.14. The predicted molar refractivity (Wildman–Crippen MR) is 91.8 cm³/mol. The van der Waals surface area contributed by atoms with Gasteiger partial charge in [0.1, 0.15) is 0 Å². The molecule has 0 aliphatic heterocycles. The highest BCUT2D eigenvalue weighted by Gasteiger charge is 2.50. The molecule has 0 atom stereocenters. The summed E-state index contributed by atoms with van der Waals surface area (Å²) in [6.45, 7) is 2.08.